The summed E-state index contributed by atoms with van der Waals surface area (Å²) in [5, 5.41) is 5.84. The molecule has 0 radical (unpaired) electrons. The second-order valence-corrected chi connectivity index (χ2v) is 9.69. The lowest BCUT2D eigenvalue weighted by Gasteiger charge is -2.28. The fraction of sp³-hybridized carbons (Fsp3) is 0.611. The zero-order chi connectivity index (χ0) is 18.7. The molecule has 1 aromatic rings. The van der Waals surface area contributed by atoms with Crippen LogP contribution in [0.3, 0.4) is 0 Å². The number of nitrogens with one attached hydrogen (secondary N) is 2. The van der Waals surface area contributed by atoms with Gasteiger partial charge in [-0.2, -0.15) is 0 Å². The zero-order valence-corrected chi connectivity index (χ0v) is 17.0. The highest BCUT2D eigenvalue weighted by Gasteiger charge is 2.34. The molecule has 140 valence electrons. The molecule has 1 amide bonds. The number of amides is 1. The molecule has 2 rings (SSSR count). The molecule has 0 bridgehead atoms. The molecular formula is C18H25Cl3N2O2. The van der Waals surface area contributed by atoms with E-state index in [2.05, 4.69) is 31.4 Å². The first-order chi connectivity index (χ1) is 11.6. The Kier molecular flexibility index (Phi) is 7.02. The second-order valence-electron chi connectivity index (χ2n) is 7.32. The number of ether oxygens (including phenoxy) is 1. The van der Waals surface area contributed by atoms with E-state index in [-0.39, 0.29) is 17.4 Å². The maximum Gasteiger partial charge on any atom is 0.252 e. The van der Waals surface area contributed by atoms with Crippen molar-refractivity contribution in [2.75, 3.05) is 13.2 Å². The molecule has 1 saturated heterocycles. The summed E-state index contributed by atoms with van der Waals surface area (Å²) in [5.41, 5.74) is 1.70. The van der Waals surface area contributed by atoms with Crippen LogP contribution in [0.5, 0.6) is 0 Å². The Balaban J connectivity index is 2.00. The summed E-state index contributed by atoms with van der Waals surface area (Å²) in [6.07, 6.45) is 1.26. The first kappa shape index (κ1) is 20.8. The normalized spacial score (nSPS) is 19.7. The van der Waals surface area contributed by atoms with Gasteiger partial charge in [-0.1, -0.05) is 67.7 Å². The molecule has 0 spiro atoms. The van der Waals surface area contributed by atoms with Crippen molar-refractivity contribution in [3.63, 3.8) is 0 Å². The van der Waals surface area contributed by atoms with Gasteiger partial charge in [0.1, 0.15) is 6.17 Å². The van der Waals surface area contributed by atoms with Gasteiger partial charge in [0.25, 0.3) is 5.91 Å². The first-order valence-corrected chi connectivity index (χ1v) is 9.54. The van der Waals surface area contributed by atoms with Crippen LogP contribution in [0, 0.1) is 0 Å². The van der Waals surface area contributed by atoms with Crippen LogP contribution < -0.4 is 10.6 Å². The van der Waals surface area contributed by atoms with Crippen LogP contribution in [-0.4, -0.2) is 35.1 Å². The number of carbonyl (C=O) groups excluding carboxylic acids is 1. The van der Waals surface area contributed by atoms with Gasteiger partial charge < -0.3 is 10.1 Å². The number of benzene rings is 1. The Morgan fingerprint density at radius 1 is 1.24 bits per heavy atom. The third kappa shape index (κ3) is 6.30. The third-order valence-electron chi connectivity index (χ3n) is 4.19. The number of hydrogen-bond acceptors (Lipinski definition) is 3. The summed E-state index contributed by atoms with van der Waals surface area (Å²) in [6, 6.07) is 7.45. The lowest BCUT2D eigenvalue weighted by molar-refractivity contribution is 0.0897. The predicted octanol–water partition coefficient (Wildman–Crippen LogP) is 4.18. The minimum absolute atomic E-state index is 0.0257. The fourth-order valence-electron chi connectivity index (χ4n) is 2.64. The minimum Gasteiger partial charge on any atom is -0.377 e. The van der Waals surface area contributed by atoms with E-state index < -0.39 is 9.96 Å². The van der Waals surface area contributed by atoms with Crippen molar-refractivity contribution in [3.8, 4) is 0 Å². The molecule has 7 heteroatoms. The highest BCUT2D eigenvalue weighted by atomic mass is 35.6. The molecule has 2 N–H and O–H groups in total. The average Bonchev–Trinajstić information content (AvgIpc) is 3.02. The molecule has 0 unspecified atom stereocenters. The van der Waals surface area contributed by atoms with E-state index in [1.54, 1.807) is 12.1 Å². The Morgan fingerprint density at radius 2 is 1.88 bits per heavy atom. The Labute approximate surface area is 164 Å². The molecule has 25 heavy (non-hydrogen) atoms. The Bertz CT molecular complexity index is 573. The number of alkyl halides is 3. The molecule has 0 aliphatic carbocycles. The molecular weight excluding hydrogens is 383 g/mol. The van der Waals surface area contributed by atoms with Crippen molar-refractivity contribution in [2.45, 2.75) is 55.1 Å². The lowest BCUT2D eigenvalue weighted by Crippen LogP contribution is -2.54. The molecule has 1 aromatic carbocycles. The summed E-state index contributed by atoms with van der Waals surface area (Å²) in [7, 11) is 0. The predicted molar refractivity (Wildman–Crippen MR) is 104 cm³/mol. The monoisotopic (exact) mass is 406 g/mol. The largest absolute Gasteiger partial charge is 0.377 e. The van der Waals surface area contributed by atoms with Crippen LogP contribution in [0.2, 0.25) is 0 Å². The van der Waals surface area contributed by atoms with Crippen molar-refractivity contribution in [1.82, 2.24) is 10.6 Å². The van der Waals surface area contributed by atoms with Crippen molar-refractivity contribution in [2.24, 2.45) is 0 Å². The Hall–Kier alpha value is -0.520. The van der Waals surface area contributed by atoms with Gasteiger partial charge in [0.2, 0.25) is 3.79 Å². The van der Waals surface area contributed by atoms with E-state index >= 15 is 0 Å². The van der Waals surface area contributed by atoms with Gasteiger partial charge in [-0.25, -0.2) is 0 Å². The highest BCUT2D eigenvalue weighted by molar-refractivity contribution is 6.68. The van der Waals surface area contributed by atoms with Crippen molar-refractivity contribution < 1.29 is 9.53 Å². The standard InChI is InChI=1S/C18H25Cl3N2O2/c1-17(2,3)13-8-6-12(7-9-13)15(24)23-16(18(19,20)21)22-11-14-5-4-10-25-14/h6-9,14,16,22H,4-5,10-11H2,1-3H3,(H,23,24)/t14-,16+/m0/s1. The van der Waals surface area contributed by atoms with E-state index in [1.807, 2.05) is 12.1 Å². The SMILES string of the molecule is CC(C)(C)c1ccc(C(=O)N[C@@H](NC[C@@H]2CCCO2)C(Cl)(Cl)Cl)cc1. The average molecular weight is 408 g/mol. The molecule has 1 heterocycles. The molecule has 1 aliphatic rings. The molecule has 4 nitrogen and oxygen atoms in total. The summed E-state index contributed by atoms with van der Waals surface area (Å²) >= 11 is 18.0. The van der Waals surface area contributed by atoms with Crippen LogP contribution in [-0.2, 0) is 10.2 Å². The van der Waals surface area contributed by atoms with Crippen molar-refractivity contribution in [1.29, 1.82) is 0 Å². The lowest BCUT2D eigenvalue weighted by atomic mass is 9.87. The molecule has 1 aliphatic heterocycles. The van der Waals surface area contributed by atoms with Gasteiger partial charge in [0.15, 0.2) is 0 Å². The molecule has 0 saturated carbocycles. The van der Waals surface area contributed by atoms with Crippen molar-refractivity contribution >= 4 is 40.7 Å². The van der Waals surface area contributed by atoms with E-state index in [1.165, 1.54) is 0 Å². The maximum absolute atomic E-state index is 12.5. The van der Waals surface area contributed by atoms with Gasteiger partial charge in [-0.15, -0.1) is 0 Å². The fourth-order valence-corrected chi connectivity index (χ4v) is 3.03. The van der Waals surface area contributed by atoms with Gasteiger partial charge in [0, 0.05) is 18.7 Å². The maximum atomic E-state index is 12.5. The van der Waals surface area contributed by atoms with Gasteiger partial charge in [-0.3, -0.25) is 10.1 Å². The zero-order valence-electron chi connectivity index (χ0n) is 14.7. The summed E-state index contributed by atoms with van der Waals surface area (Å²) in [6.45, 7) is 7.63. The van der Waals surface area contributed by atoms with Crippen LogP contribution in [0.25, 0.3) is 0 Å². The van der Waals surface area contributed by atoms with Crippen LogP contribution >= 0.6 is 34.8 Å². The van der Waals surface area contributed by atoms with Crippen molar-refractivity contribution in [3.05, 3.63) is 35.4 Å². The molecule has 1 fully saturated rings. The van der Waals surface area contributed by atoms with E-state index in [4.69, 9.17) is 39.5 Å². The summed E-state index contributed by atoms with van der Waals surface area (Å²) < 4.78 is 3.88. The topological polar surface area (TPSA) is 50.4 Å². The number of rotatable bonds is 5. The van der Waals surface area contributed by atoms with E-state index in [0.717, 1.165) is 25.0 Å². The third-order valence-corrected chi connectivity index (χ3v) is 4.84. The van der Waals surface area contributed by atoms with Gasteiger partial charge >= 0.3 is 0 Å². The minimum atomic E-state index is -1.67. The van der Waals surface area contributed by atoms with Crippen LogP contribution in [0.15, 0.2) is 24.3 Å². The first-order valence-electron chi connectivity index (χ1n) is 8.40. The van der Waals surface area contributed by atoms with Gasteiger partial charge in [0.05, 0.1) is 6.10 Å². The summed E-state index contributed by atoms with van der Waals surface area (Å²) in [5.74, 6) is -0.295. The highest BCUT2D eigenvalue weighted by Crippen LogP contribution is 2.29. The quantitative estimate of drug-likeness (QED) is 0.569. The van der Waals surface area contributed by atoms with Crippen LogP contribution in [0.1, 0.15) is 49.5 Å². The van der Waals surface area contributed by atoms with E-state index in [9.17, 15) is 4.79 Å². The number of hydrogen-bond donors (Lipinski definition) is 2. The Morgan fingerprint density at radius 3 is 2.36 bits per heavy atom. The van der Waals surface area contributed by atoms with E-state index in [0.29, 0.717) is 12.1 Å². The second kappa shape index (κ2) is 8.45. The molecule has 0 aromatic heterocycles. The molecule has 2 atom stereocenters. The van der Waals surface area contributed by atoms with Crippen LogP contribution in [0.4, 0.5) is 0 Å². The van der Waals surface area contributed by atoms with Gasteiger partial charge in [-0.05, 0) is 36.0 Å². The smallest absolute Gasteiger partial charge is 0.252 e. The number of carbonyl (C=O) groups is 1. The summed E-state index contributed by atoms with van der Waals surface area (Å²) in [4.78, 5) is 12.5. The number of halogens is 3.